The fourth-order valence-electron chi connectivity index (χ4n) is 1.85. The zero-order valence-electron chi connectivity index (χ0n) is 10.2. The van der Waals surface area contributed by atoms with Crippen LogP contribution in [0, 0.1) is 13.8 Å². The summed E-state index contributed by atoms with van der Waals surface area (Å²) in [5, 5.41) is 22.4. The van der Waals surface area contributed by atoms with Gasteiger partial charge < -0.3 is 10.2 Å². The molecule has 2 N–H and O–H groups in total. The van der Waals surface area contributed by atoms with E-state index in [1.807, 2.05) is 32.0 Å². The number of benzene rings is 1. The van der Waals surface area contributed by atoms with E-state index in [-0.39, 0.29) is 11.4 Å². The Morgan fingerprint density at radius 3 is 2.33 bits per heavy atom. The summed E-state index contributed by atoms with van der Waals surface area (Å²) in [6.07, 6.45) is 0. The van der Waals surface area contributed by atoms with E-state index in [9.17, 15) is 9.90 Å². The lowest BCUT2D eigenvalue weighted by molar-refractivity contribution is 0.266. The number of aliphatic hydroxyl groups is 1. The largest absolute Gasteiger partial charge is 0.506 e. The van der Waals surface area contributed by atoms with Crippen LogP contribution < -0.4 is 5.56 Å². The van der Waals surface area contributed by atoms with Crippen molar-refractivity contribution in [2.75, 3.05) is 0 Å². The molecule has 0 spiro atoms. The van der Waals surface area contributed by atoms with Gasteiger partial charge in [-0.1, -0.05) is 6.07 Å². The Balaban J connectivity index is 2.67. The summed E-state index contributed by atoms with van der Waals surface area (Å²) in [5.41, 5.74) is 2.28. The molecule has 0 atom stereocenters. The Morgan fingerprint density at radius 1 is 1.17 bits per heavy atom. The van der Waals surface area contributed by atoms with E-state index in [4.69, 9.17) is 5.11 Å². The molecule has 0 saturated carbocycles. The quantitative estimate of drug-likeness (QED) is 0.830. The van der Waals surface area contributed by atoms with E-state index in [1.165, 1.54) is 4.68 Å². The van der Waals surface area contributed by atoms with Crippen LogP contribution in [0.4, 0.5) is 0 Å². The highest BCUT2D eigenvalue weighted by Crippen LogP contribution is 2.14. The molecule has 0 radical (unpaired) electrons. The van der Waals surface area contributed by atoms with Crippen LogP contribution in [0.5, 0.6) is 5.75 Å². The van der Waals surface area contributed by atoms with Crippen LogP contribution in [0.1, 0.15) is 16.8 Å². The Morgan fingerprint density at radius 2 is 1.78 bits per heavy atom. The van der Waals surface area contributed by atoms with E-state index in [2.05, 4.69) is 5.10 Å². The van der Waals surface area contributed by atoms with Crippen LogP contribution in [0.3, 0.4) is 0 Å². The van der Waals surface area contributed by atoms with E-state index in [0.717, 1.165) is 17.2 Å². The van der Waals surface area contributed by atoms with Crippen molar-refractivity contribution in [1.82, 2.24) is 9.78 Å². The third kappa shape index (κ3) is 2.26. The van der Waals surface area contributed by atoms with Gasteiger partial charge in [0.2, 0.25) is 0 Å². The highest BCUT2D eigenvalue weighted by atomic mass is 16.3. The normalized spacial score (nSPS) is 10.6. The second-order valence-electron chi connectivity index (χ2n) is 4.23. The molecule has 2 rings (SSSR count). The van der Waals surface area contributed by atoms with Gasteiger partial charge in [-0.25, -0.2) is 0 Å². The molecule has 0 amide bonds. The first-order valence-corrected chi connectivity index (χ1v) is 5.53. The number of hydrogen-bond acceptors (Lipinski definition) is 4. The molecular weight excluding hydrogens is 232 g/mol. The molecule has 0 unspecified atom stereocenters. The maximum absolute atomic E-state index is 11.8. The fourth-order valence-corrected chi connectivity index (χ4v) is 1.85. The maximum Gasteiger partial charge on any atom is 0.275 e. The summed E-state index contributed by atoms with van der Waals surface area (Å²) in [5.74, 6) is -0.289. The molecular formula is C13H14N2O3. The molecule has 18 heavy (non-hydrogen) atoms. The van der Waals surface area contributed by atoms with Crippen molar-refractivity contribution < 1.29 is 10.2 Å². The van der Waals surface area contributed by atoms with Crippen LogP contribution in [-0.4, -0.2) is 20.0 Å². The SMILES string of the molecule is Cc1cc(C)cc(-n2nc(CO)c(O)cc2=O)c1. The lowest BCUT2D eigenvalue weighted by Gasteiger charge is -2.09. The zero-order chi connectivity index (χ0) is 13.3. The molecule has 0 aliphatic rings. The third-order valence-corrected chi connectivity index (χ3v) is 2.59. The Labute approximate surface area is 104 Å². The van der Waals surface area contributed by atoms with Crippen LogP contribution in [-0.2, 0) is 6.61 Å². The summed E-state index contributed by atoms with van der Waals surface area (Å²) in [6, 6.07) is 6.68. The van der Waals surface area contributed by atoms with E-state index >= 15 is 0 Å². The van der Waals surface area contributed by atoms with E-state index < -0.39 is 12.2 Å². The Bertz CT molecular complexity index is 627. The Hall–Kier alpha value is -2.14. The smallest absolute Gasteiger partial charge is 0.275 e. The van der Waals surface area contributed by atoms with Gasteiger partial charge >= 0.3 is 0 Å². The van der Waals surface area contributed by atoms with E-state index in [0.29, 0.717) is 5.69 Å². The van der Waals surface area contributed by atoms with Crippen LogP contribution in [0.25, 0.3) is 5.69 Å². The molecule has 0 fully saturated rings. The molecule has 0 aliphatic carbocycles. The highest BCUT2D eigenvalue weighted by molar-refractivity contribution is 5.39. The van der Waals surface area contributed by atoms with Gasteiger partial charge in [0.05, 0.1) is 12.3 Å². The summed E-state index contributed by atoms with van der Waals surface area (Å²) in [6.45, 7) is 3.43. The van der Waals surface area contributed by atoms with Crippen LogP contribution in [0.15, 0.2) is 29.1 Å². The monoisotopic (exact) mass is 246 g/mol. The number of aromatic nitrogens is 2. The Kier molecular flexibility index (Phi) is 3.16. The molecule has 0 bridgehead atoms. The molecule has 2 aromatic rings. The van der Waals surface area contributed by atoms with Gasteiger partial charge in [-0.2, -0.15) is 9.78 Å². The standard InChI is InChI=1S/C13H14N2O3/c1-8-3-9(2)5-10(4-8)15-13(18)6-12(17)11(7-16)14-15/h3-6,16-17H,7H2,1-2H3. The average Bonchev–Trinajstić information content (AvgIpc) is 2.27. The first kappa shape index (κ1) is 12.3. The molecule has 1 aromatic heterocycles. The second kappa shape index (κ2) is 4.62. The maximum atomic E-state index is 11.8. The number of aryl methyl sites for hydroxylation is 2. The van der Waals surface area contributed by atoms with Gasteiger partial charge in [-0.05, 0) is 37.1 Å². The van der Waals surface area contributed by atoms with Gasteiger partial charge in [-0.3, -0.25) is 4.79 Å². The summed E-state index contributed by atoms with van der Waals surface area (Å²) in [4.78, 5) is 11.8. The molecule has 5 nitrogen and oxygen atoms in total. The minimum Gasteiger partial charge on any atom is -0.506 e. The van der Waals surface area contributed by atoms with E-state index in [1.54, 1.807) is 0 Å². The van der Waals surface area contributed by atoms with Crippen LogP contribution >= 0.6 is 0 Å². The molecule has 1 aromatic carbocycles. The van der Waals surface area contributed by atoms with Crippen molar-refractivity contribution in [3.05, 3.63) is 51.4 Å². The molecule has 94 valence electrons. The number of aromatic hydroxyl groups is 1. The number of hydrogen-bond donors (Lipinski definition) is 2. The predicted octanol–water partition coefficient (Wildman–Crippen LogP) is 1.05. The molecule has 0 aliphatic heterocycles. The van der Waals surface area contributed by atoms with Crippen molar-refractivity contribution >= 4 is 0 Å². The minimum absolute atomic E-state index is 0.0776. The first-order valence-electron chi connectivity index (χ1n) is 5.53. The highest BCUT2D eigenvalue weighted by Gasteiger charge is 2.09. The average molecular weight is 246 g/mol. The van der Waals surface area contributed by atoms with Gasteiger partial charge in [-0.15, -0.1) is 0 Å². The molecule has 1 heterocycles. The topological polar surface area (TPSA) is 75.3 Å². The zero-order valence-corrected chi connectivity index (χ0v) is 10.2. The number of rotatable bonds is 2. The number of nitrogens with zero attached hydrogens (tertiary/aromatic N) is 2. The van der Waals surface area contributed by atoms with Crippen molar-refractivity contribution in [3.8, 4) is 11.4 Å². The van der Waals surface area contributed by atoms with Crippen molar-refractivity contribution in [3.63, 3.8) is 0 Å². The summed E-state index contributed by atoms with van der Waals surface area (Å²) < 4.78 is 1.17. The minimum atomic E-state index is -0.435. The van der Waals surface area contributed by atoms with Crippen molar-refractivity contribution in [2.24, 2.45) is 0 Å². The summed E-state index contributed by atoms with van der Waals surface area (Å²) >= 11 is 0. The molecule has 0 saturated heterocycles. The van der Waals surface area contributed by atoms with Gasteiger partial charge in [0, 0.05) is 6.07 Å². The second-order valence-corrected chi connectivity index (χ2v) is 4.23. The lowest BCUT2D eigenvalue weighted by Crippen LogP contribution is -2.21. The van der Waals surface area contributed by atoms with Gasteiger partial charge in [0.25, 0.3) is 5.56 Å². The number of aliphatic hydroxyl groups excluding tert-OH is 1. The third-order valence-electron chi connectivity index (χ3n) is 2.59. The fraction of sp³-hybridized carbons (Fsp3) is 0.231. The van der Waals surface area contributed by atoms with Crippen molar-refractivity contribution in [2.45, 2.75) is 20.5 Å². The molecule has 5 heteroatoms. The van der Waals surface area contributed by atoms with Crippen LogP contribution in [0.2, 0.25) is 0 Å². The van der Waals surface area contributed by atoms with Gasteiger partial charge in [0.1, 0.15) is 11.4 Å². The lowest BCUT2D eigenvalue weighted by atomic mass is 10.1. The summed E-state index contributed by atoms with van der Waals surface area (Å²) in [7, 11) is 0. The van der Waals surface area contributed by atoms with Crippen molar-refractivity contribution in [1.29, 1.82) is 0 Å². The predicted molar refractivity (Wildman–Crippen MR) is 66.9 cm³/mol. The first-order chi connectivity index (χ1) is 8.51. The van der Waals surface area contributed by atoms with Gasteiger partial charge in [0.15, 0.2) is 0 Å².